The van der Waals surface area contributed by atoms with E-state index in [-0.39, 0.29) is 18.2 Å². The molecule has 1 aliphatic rings. The number of benzene rings is 2. The van der Waals surface area contributed by atoms with E-state index < -0.39 is 5.91 Å². The van der Waals surface area contributed by atoms with Gasteiger partial charge in [-0.3, -0.25) is 14.8 Å². The first-order valence-electron chi connectivity index (χ1n) is 10.8. The van der Waals surface area contributed by atoms with E-state index in [0.717, 1.165) is 24.1 Å². The summed E-state index contributed by atoms with van der Waals surface area (Å²) in [4.78, 5) is 23.7. The second-order valence-corrected chi connectivity index (χ2v) is 7.74. The first-order chi connectivity index (χ1) is 16.1. The fraction of sp³-hybridized carbons (Fsp3) is 0.280. The minimum Gasteiger partial charge on any atom is -0.494 e. The summed E-state index contributed by atoms with van der Waals surface area (Å²) < 4.78 is 11.5. The largest absolute Gasteiger partial charge is 0.494 e. The van der Waals surface area contributed by atoms with Gasteiger partial charge in [0.25, 0.3) is 11.8 Å². The summed E-state index contributed by atoms with van der Waals surface area (Å²) in [5, 5.41) is 15.6. The summed E-state index contributed by atoms with van der Waals surface area (Å²) in [6.07, 6.45) is 3.39. The van der Waals surface area contributed by atoms with Gasteiger partial charge in [-0.15, -0.1) is 0 Å². The average Bonchev–Trinajstić information content (AvgIpc) is 3.51. The lowest BCUT2D eigenvalue weighted by Crippen LogP contribution is -2.23. The fourth-order valence-electron chi connectivity index (χ4n) is 3.67. The molecule has 0 radical (unpaired) electrons. The lowest BCUT2D eigenvalue weighted by Gasteiger charge is -2.11. The number of hydrogen-bond acceptors (Lipinski definition) is 6. The van der Waals surface area contributed by atoms with E-state index >= 15 is 0 Å². The highest BCUT2D eigenvalue weighted by Gasteiger charge is 2.14. The SMILES string of the molecule is O=C(NO)c1ccc(C#CCNC(=O)c2cc3cc(OCCC4CCCN4)ccc3o2)cc1. The third-order valence-corrected chi connectivity index (χ3v) is 5.43. The van der Waals surface area contributed by atoms with Crippen molar-refractivity contribution < 1.29 is 24.0 Å². The van der Waals surface area contributed by atoms with Crippen molar-refractivity contribution in [3.63, 3.8) is 0 Å². The van der Waals surface area contributed by atoms with Crippen LogP contribution in [-0.4, -0.2) is 42.8 Å². The maximum Gasteiger partial charge on any atom is 0.287 e. The maximum atomic E-state index is 12.4. The Hall–Kier alpha value is -3.80. The average molecular weight is 447 g/mol. The predicted octanol–water partition coefficient (Wildman–Crippen LogP) is 2.85. The topological polar surface area (TPSA) is 113 Å². The zero-order chi connectivity index (χ0) is 23.0. The van der Waals surface area contributed by atoms with Crippen LogP contribution < -0.4 is 20.9 Å². The van der Waals surface area contributed by atoms with Gasteiger partial charge in [0.2, 0.25) is 0 Å². The van der Waals surface area contributed by atoms with Gasteiger partial charge in [-0.05, 0) is 74.3 Å². The molecule has 2 aromatic carbocycles. The Kier molecular flexibility index (Phi) is 7.25. The van der Waals surface area contributed by atoms with Gasteiger partial charge in [0.15, 0.2) is 5.76 Å². The first-order valence-corrected chi connectivity index (χ1v) is 10.8. The predicted molar refractivity (Wildman–Crippen MR) is 122 cm³/mol. The van der Waals surface area contributed by atoms with Crippen LogP contribution in [-0.2, 0) is 0 Å². The van der Waals surface area contributed by atoms with E-state index in [1.807, 2.05) is 12.1 Å². The number of hydrogen-bond donors (Lipinski definition) is 4. The summed E-state index contributed by atoms with van der Waals surface area (Å²) in [7, 11) is 0. The highest BCUT2D eigenvalue weighted by atomic mass is 16.5. The molecule has 1 unspecified atom stereocenters. The monoisotopic (exact) mass is 447 g/mol. The summed E-state index contributed by atoms with van der Waals surface area (Å²) in [6, 6.07) is 14.1. The Labute approximate surface area is 191 Å². The van der Waals surface area contributed by atoms with Gasteiger partial charge in [-0.1, -0.05) is 11.8 Å². The molecule has 1 saturated heterocycles. The molecule has 4 rings (SSSR count). The second-order valence-electron chi connectivity index (χ2n) is 7.74. The fourth-order valence-corrected chi connectivity index (χ4v) is 3.67. The van der Waals surface area contributed by atoms with Crippen molar-refractivity contribution in [1.29, 1.82) is 0 Å². The minimum absolute atomic E-state index is 0.137. The third kappa shape index (κ3) is 5.92. The summed E-state index contributed by atoms with van der Waals surface area (Å²) in [6.45, 7) is 1.86. The minimum atomic E-state index is -0.590. The van der Waals surface area contributed by atoms with Crippen LogP contribution in [0.5, 0.6) is 5.75 Å². The van der Waals surface area contributed by atoms with Crippen molar-refractivity contribution >= 4 is 22.8 Å². The number of hydroxylamine groups is 1. The Morgan fingerprint density at radius 1 is 1.15 bits per heavy atom. The van der Waals surface area contributed by atoms with Gasteiger partial charge >= 0.3 is 0 Å². The van der Waals surface area contributed by atoms with Crippen LogP contribution in [0.4, 0.5) is 0 Å². The maximum absolute atomic E-state index is 12.4. The highest BCUT2D eigenvalue weighted by Crippen LogP contribution is 2.24. The molecule has 4 N–H and O–H groups in total. The molecule has 0 spiro atoms. The number of fused-ring (bicyclic) bond motifs is 1. The quantitative estimate of drug-likeness (QED) is 0.252. The zero-order valence-electron chi connectivity index (χ0n) is 18.0. The number of amides is 2. The van der Waals surface area contributed by atoms with Crippen LogP contribution in [0.3, 0.4) is 0 Å². The van der Waals surface area contributed by atoms with E-state index in [0.29, 0.717) is 29.4 Å². The van der Waals surface area contributed by atoms with Crippen LogP contribution in [0.25, 0.3) is 11.0 Å². The third-order valence-electron chi connectivity index (χ3n) is 5.43. The van der Waals surface area contributed by atoms with Gasteiger partial charge in [0, 0.05) is 22.6 Å². The summed E-state index contributed by atoms with van der Waals surface area (Å²) in [5.74, 6) is 5.77. The molecule has 2 heterocycles. The molecule has 8 heteroatoms. The number of rotatable bonds is 7. The molecule has 33 heavy (non-hydrogen) atoms. The van der Waals surface area contributed by atoms with Gasteiger partial charge in [0.1, 0.15) is 11.3 Å². The molecule has 1 fully saturated rings. The smallest absolute Gasteiger partial charge is 0.287 e. The van der Waals surface area contributed by atoms with E-state index in [9.17, 15) is 9.59 Å². The molecule has 1 atom stereocenters. The van der Waals surface area contributed by atoms with E-state index in [1.54, 1.807) is 41.9 Å². The van der Waals surface area contributed by atoms with Gasteiger partial charge in [-0.25, -0.2) is 5.48 Å². The van der Waals surface area contributed by atoms with Crippen LogP contribution in [0, 0.1) is 11.8 Å². The number of carbonyl (C=O) groups is 2. The Morgan fingerprint density at radius 3 is 2.76 bits per heavy atom. The molecule has 0 saturated carbocycles. The van der Waals surface area contributed by atoms with Crippen LogP contribution in [0.15, 0.2) is 52.9 Å². The lowest BCUT2D eigenvalue weighted by atomic mass is 10.1. The van der Waals surface area contributed by atoms with Crippen molar-refractivity contribution in [3.05, 3.63) is 65.4 Å². The molecular weight excluding hydrogens is 422 g/mol. The molecule has 3 aromatic rings. The van der Waals surface area contributed by atoms with Crippen molar-refractivity contribution in [2.45, 2.75) is 25.3 Å². The Morgan fingerprint density at radius 2 is 2.00 bits per heavy atom. The first kappa shape index (κ1) is 22.4. The number of carbonyl (C=O) groups excluding carboxylic acids is 2. The molecule has 0 aliphatic carbocycles. The van der Waals surface area contributed by atoms with Crippen LogP contribution in [0.2, 0.25) is 0 Å². The van der Waals surface area contributed by atoms with Crippen LogP contribution in [0.1, 0.15) is 45.7 Å². The molecule has 8 nitrogen and oxygen atoms in total. The van der Waals surface area contributed by atoms with Crippen molar-refractivity contribution in [3.8, 4) is 17.6 Å². The molecule has 1 aromatic heterocycles. The van der Waals surface area contributed by atoms with E-state index in [2.05, 4.69) is 22.5 Å². The lowest BCUT2D eigenvalue weighted by molar-refractivity contribution is 0.0706. The second kappa shape index (κ2) is 10.7. The standard InChI is InChI=1S/C25H25N3O5/c29-24(28-31)18-7-5-17(6-8-18)3-1-13-27-25(30)23-16-19-15-21(9-10-22(19)33-23)32-14-11-20-4-2-12-26-20/h5-10,15-16,20,26,31H,2,4,11-14H2,(H,27,30)(H,28,29). The highest BCUT2D eigenvalue weighted by molar-refractivity contribution is 5.96. The number of ether oxygens (including phenoxy) is 1. The van der Waals surface area contributed by atoms with Gasteiger partial charge in [0.05, 0.1) is 13.2 Å². The Bertz CT molecular complexity index is 1180. The molecular formula is C25H25N3O5. The Balaban J connectivity index is 1.29. The zero-order valence-corrected chi connectivity index (χ0v) is 18.0. The normalized spacial score (nSPS) is 15.0. The van der Waals surface area contributed by atoms with Crippen molar-refractivity contribution in [2.24, 2.45) is 0 Å². The van der Waals surface area contributed by atoms with Crippen molar-refractivity contribution in [2.75, 3.05) is 19.7 Å². The van der Waals surface area contributed by atoms with Gasteiger partial charge in [-0.2, -0.15) is 0 Å². The summed E-state index contributed by atoms with van der Waals surface area (Å²) in [5.41, 5.74) is 3.19. The molecule has 170 valence electrons. The van der Waals surface area contributed by atoms with Crippen LogP contribution >= 0.6 is 0 Å². The molecule has 2 amide bonds. The van der Waals surface area contributed by atoms with E-state index in [4.69, 9.17) is 14.4 Å². The number of nitrogens with one attached hydrogen (secondary N) is 3. The number of furan rings is 1. The summed E-state index contributed by atoms with van der Waals surface area (Å²) >= 11 is 0. The van der Waals surface area contributed by atoms with E-state index in [1.165, 1.54) is 12.8 Å². The molecule has 1 aliphatic heterocycles. The van der Waals surface area contributed by atoms with Gasteiger partial charge < -0.3 is 19.8 Å². The molecule has 0 bridgehead atoms. The van der Waals surface area contributed by atoms with Crippen molar-refractivity contribution in [1.82, 2.24) is 16.1 Å².